The molecule has 0 aliphatic carbocycles. The van der Waals surface area contributed by atoms with Crippen LogP contribution in [0.3, 0.4) is 0 Å². The van der Waals surface area contributed by atoms with Crippen molar-refractivity contribution < 1.29 is 9.53 Å². The van der Waals surface area contributed by atoms with E-state index in [0.29, 0.717) is 12.2 Å². The summed E-state index contributed by atoms with van der Waals surface area (Å²) < 4.78 is 9.47. The van der Waals surface area contributed by atoms with Gasteiger partial charge in [0.2, 0.25) is 0 Å². The van der Waals surface area contributed by atoms with Gasteiger partial charge in [0.1, 0.15) is 10.6 Å². The van der Waals surface area contributed by atoms with E-state index < -0.39 is 0 Å². The molecule has 0 saturated heterocycles. The van der Waals surface area contributed by atoms with E-state index in [1.54, 1.807) is 7.05 Å². The summed E-state index contributed by atoms with van der Waals surface area (Å²) in [6.07, 6.45) is 7.14. The van der Waals surface area contributed by atoms with E-state index in [-0.39, 0.29) is 5.97 Å². The quantitative estimate of drug-likeness (QED) is 0.550. The second kappa shape index (κ2) is 8.91. The number of unbranched alkanes of at least 4 members (excludes halogenated alkanes) is 5. The Balaban J connectivity index is 2.26. The van der Waals surface area contributed by atoms with Gasteiger partial charge in [-0.1, -0.05) is 39.0 Å². The number of aryl methyl sites for hydroxylation is 1. The molecule has 1 aromatic heterocycles. The van der Waals surface area contributed by atoms with Crippen molar-refractivity contribution >= 4 is 22.5 Å². The third-order valence-corrected chi connectivity index (χ3v) is 3.98. The van der Waals surface area contributed by atoms with Crippen LogP contribution in [0.1, 0.15) is 61.5 Å². The van der Waals surface area contributed by atoms with Crippen LogP contribution in [0.25, 0.3) is 0 Å². The lowest BCUT2D eigenvalue weighted by Gasteiger charge is -2.06. The molecule has 0 radical (unpaired) electrons. The van der Waals surface area contributed by atoms with Crippen molar-refractivity contribution in [2.75, 3.05) is 19.0 Å². The van der Waals surface area contributed by atoms with Crippen molar-refractivity contribution in [2.45, 2.75) is 52.4 Å². The maximum atomic E-state index is 11.9. The van der Waals surface area contributed by atoms with Gasteiger partial charge in [-0.3, -0.25) is 0 Å². The van der Waals surface area contributed by atoms with Crippen LogP contribution in [0.15, 0.2) is 0 Å². The van der Waals surface area contributed by atoms with Crippen LogP contribution in [0.5, 0.6) is 0 Å². The Hall–Kier alpha value is -1.10. The first kappa shape index (κ1) is 16.0. The van der Waals surface area contributed by atoms with Crippen LogP contribution in [-0.2, 0) is 4.74 Å². The number of carbonyl (C=O) groups excluding carboxylic acids is 1. The molecule has 1 rings (SSSR count). The van der Waals surface area contributed by atoms with Gasteiger partial charge >= 0.3 is 5.97 Å². The SMILES string of the molecule is CCCCCCCCOC(=O)c1c(C)nsc1NC. The number of aromatic nitrogens is 1. The fourth-order valence-corrected chi connectivity index (χ4v) is 2.63. The molecule has 0 unspecified atom stereocenters. The van der Waals surface area contributed by atoms with Gasteiger partial charge in [0, 0.05) is 7.05 Å². The summed E-state index contributed by atoms with van der Waals surface area (Å²) in [5, 5.41) is 3.76. The van der Waals surface area contributed by atoms with Crippen molar-refractivity contribution in [2.24, 2.45) is 0 Å². The Bertz CT molecular complexity index is 391. The van der Waals surface area contributed by atoms with E-state index in [2.05, 4.69) is 16.6 Å². The Morgan fingerprint density at radius 3 is 2.63 bits per heavy atom. The van der Waals surface area contributed by atoms with Crippen molar-refractivity contribution in [3.63, 3.8) is 0 Å². The molecule has 1 N–H and O–H groups in total. The zero-order chi connectivity index (χ0) is 14.1. The molecule has 0 atom stereocenters. The van der Waals surface area contributed by atoms with E-state index in [4.69, 9.17) is 4.74 Å². The highest BCUT2D eigenvalue weighted by Crippen LogP contribution is 2.24. The molecule has 0 aliphatic rings. The van der Waals surface area contributed by atoms with E-state index in [0.717, 1.165) is 23.5 Å². The summed E-state index contributed by atoms with van der Waals surface area (Å²) in [7, 11) is 1.79. The van der Waals surface area contributed by atoms with Crippen LogP contribution < -0.4 is 5.32 Å². The molecule has 0 saturated carbocycles. The number of hydrogen-bond acceptors (Lipinski definition) is 5. The van der Waals surface area contributed by atoms with Crippen molar-refractivity contribution in [1.29, 1.82) is 0 Å². The molecule has 0 aromatic carbocycles. The molecule has 0 aliphatic heterocycles. The van der Waals surface area contributed by atoms with Crippen LogP contribution >= 0.6 is 11.5 Å². The number of esters is 1. The van der Waals surface area contributed by atoms with Crippen LogP contribution in [0, 0.1) is 6.92 Å². The second-order valence-corrected chi connectivity index (χ2v) is 5.40. The largest absolute Gasteiger partial charge is 0.462 e. The van der Waals surface area contributed by atoms with Crippen molar-refractivity contribution in [1.82, 2.24) is 4.37 Å². The first-order chi connectivity index (χ1) is 9.20. The number of rotatable bonds is 9. The third kappa shape index (κ3) is 5.19. The van der Waals surface area contributed by atoms with Crippen LogP contribution in [-0.4, -0.2) is 24.0 Å². The van der Waals surface area contributed by atoms with E-state index in [1.807, 2.05) is 6.92 Å². The minimum absolute atomic E-state index is 0.260. The number of anilines is 1. The summed E-state index contributed by atoms with van der Waals surface area (Å²) in [5.74, 6) is -0.260. The van der Waals surface area contributed by atoms with Gasteiger partial charge in [0.15, 0.2) is 0 Å². The third-order valence-electron chi connectivity index (χ3n) is 3.02. The summed E-state index contributed by atoms with van der Waals surface area (Å²) in [6, 6.07) is 0. The smallest absolute Gasteiger partial charge is 0.343 e. The predicted molar refractivity (Wildman–Crippen MR) is 80.1 cm³/mol. The van der Waals surface area contributed by atoms with Gasteiger partial charge in [-0.25, -0.2) is 4.79 Å². The normalized spacial score (nSPS) is 10.5. The zero-order valence-corrected chi connectivity index (χ0v) is 12.9. The lowest BCUT2D eigenvalue weighted by Crippen LogP contribution is -2.09. The molecule has 0 amide bonds. The Morgan fingerprint density at radius 2 is 1.95 bits per heavy atom. The Morgan fingerprint density at radius 1 is 1.26 bits per heavy atom. The average Bonchev–Trinajstić information content (AvgIpc) is 2.78. The molecule has 19 heavy (non-hydrogen) atoms. The molecule has 108 valence electrons. The summed E-state index contributed by atoms with van der Waals surface area (Å²) in [6.45, 7) is 4.54. The highest BCUT2D eigenvalue weighted by atomic mass is 32.1. The van der Waals surface area contributed by atoms with E-state index in [9.17, 15) is 4.79 Å². The highest BCUT2D eigenvalue weighted by Gasteiger charge is 2.18. The first-order valence-corrected chi connectivity index (χ1v) is 7.79. The minimum Gasteiger partial charge on any atom is -0.462 e. The van der Waals surface area contributed by atoms with E-state index >= 15 is 0 Å². The molecule has 5 heteroatoms. The fraction of sp³-hybridized carbons (Fsp3) is 0.714. The van der Waals surface area contributed by atoms with Crippen LogP contribution in [0.2, 0.25) is 0 Å². The first-order valence-electron chi connectivity index (χ1n) is 7.01. The van der Waals surface area contributed by atoms with Gasteiger partial charge in [0.05, 0.1) is 12.3 Å². The van der Waals surface area contributed by atoms with Gasteiger partial charge in [-0.2, -0.15) is 4.37 Å². The van der Waals surface area contributed by atoms with Gasteiger partial charge in [-0.15, -0.1) is 0 Å². The lowest BCUT2D eigenvalue weighted by atomic mass is 10.1. The maximum absolute atomic E-state index is 11.9. The van der Waals surface area contributed by atoms with Crippen LogP contribution in [0.4, 0.5) is 5.00 Å². The topological polar surface area (TPSA) is 51.2 Å². The molecule has 4 nitrogen and oxygen atoms in total. The zero-order valence-electron chi connectivity index (χ0n) is 12.1. The standard InChI is InChI=1S/C14H24N2O2S/c1-4-5-6-7-8-9-10-18-14(17)12-11(2)16-19-13(12)15-3/h15H,4-10H2,1-3H3. The van der Waals surface area contributed by atoms with Crippen molar-refractivity contribution in [3.8, 4) is 0 Å². The number of ether oxygens (including phenoxy) is 1. The van der Waals surface area contributed by atoms with E-state index in [1.165, 1.54) is 37.2 Å². The number of carbonyl (C=O) groups is 1. The average molecular weight is 284 g/mol. The number of hydrogen-bond donors (Lipinski definition) is 1. The monoisotopic (exact) mass is 284 g/mol. The molecular weight excluding hydrogens is 260 g/mol. The lowest BCUT2D eigenvalue weighted by molar-refractivity contribution is 0.0498. The molecule has 1 heterocycles. The predicted octanol–water partition coefficient (Wildman–Crippen LogP) is 4.01. The highest BCUT2D eigenvalue weighted by molar-refractivity contribution is 7.10. The Labute approximate surface area is 119 Å². The maximum Gasteiger partial charge on any atom is 0.343 e. The molecule has 0 bridgehead atoms. The summed E-state index contributed by atoms with van der Waals surface area (Å²) in [5.41, 5.74) is 1.32. The molecule has 0 fully saturated rings. The molecule has 1 aromatic rings. The van der Waals surface area contributed by atoms with Gasteiger partial charge < -0.3 is 10.1 Å². The fourth-order valence-electron chi connectivity index (χ4n) is 1.90. The number of nitrogens with one attached hydrogen (secondary N) is 1. The van der Waals surface area contributed by atoms with Gasteiger partial charge in [-0.05, 0) is 24.9 Å². The van der Waals surface area contributed by atoms with Crippen molar-refractivity contribution in [3.05, 3.63) is 11.3 Å². The Kier molecular flexibility index (Phi) is 7.48. The summed E-state index contributed by atoms with van der Waals surface area (Å²) >= 11 is 1.30. The molecular formula is C14H24N2O2S. The second-order valence-electron chi connectivity index (χ2n) is 4.63. The number of nitrogens with zero attached hydrogens (tertiary/aromatic N) is 1. The molecule has 0 spiro atoms. The summed E-state index contributed by atoms with van der Waals surface area (Å²) in [4.78, 5) is 11.9. The van der Waals surface area contributed by atoms with Gasteiger partial charge in [0.25, 0.3) is 0 Å². The minimum atomic E-state index is -0.260.